The number of nitrogens with zero attached hydrogens (tertiary/aromatic N) is 2. The Labute approximate surface area is 393 Å². The van der Waals surface area contributed by atoms with Crippen molar-refractivity contribution in [2.45, 2.75) is 140 Å². The molecule has 0 radical (unpaired) electrons. The van der Waals surface area contributed by atoms with Crippen molar-refractivity contribution in [1.82, 2.24) is 4.90 Å². The fourth-order valence-electron chi connectivity index (χ4n) is 10.9. The molecule has 3 aliphatic rings. The number of hydrogen-bond donors (Lipinski definition) is 2. The molecule has 7 rings (SSSR count). The van der Waals surface area contributed by atoms with Crippen molar-refractivity contribution in [2.24, 2.45) is 22.9 Å². The van der Waals surface area contributed by atoms with Crippen LogP contribution in [0.2, 0.25) is 0 Å². The number of carbonyl (C=O) groups is 1. The van der Waals surface area contributed by atoms with Crippen LogP contribution in [-0.4, -0.2) is 65.4 Å². The molecule has 1 aliphatic heterocycles. The Balaban J connectivity index is 1.30. The molecule has 0 aromatic heterocycles. The number of rotatable bonds is 27. The van der Waals surface area contributed by atoms with Gasteiger partial charge >= 0.3 is 0 Å². The van der Waals surface area contributed by atoms with E-state index in [9.17, 15) is 15.0 Å². The summed E-state index contributed by atoms with van der Waals surface area (Å²) in [7, 11) is 1.91. The maximum absolute atomic E-state index is 14.5. The first kappa shape index (κ1) is 49.0. The number of allylic oxidation sites excluding steroid dienone is 1. The lowest BCUT2D eigenvalue weighted by Crippen LogP contribution is -2.69. The molecule has 2 N–H and O–H groups in total. The Hall–Kier alpha value is -4.96. The second-order valence-electron chi connectivity index (χ2n) is 18.7. The maximum atomic E-state index is 14.5. The lowest BCUT2D eigenvalue weighted by molar-refractivity contribution is -0.255. The number of carbonyl (C=O) groups excluding carboxylic acids is 1. The number of unbranched alkanes of at least 4 members (excludes halogenated alkanes) is 10. The van der Waals surface area contributed by atoms with E-state index in [2.05, 4.69) is 49.9 Å². The van der Waals surface area contributed by atoms with Gasteiger partial charge in [-0.3, -0.25) is 4.79 Å². The van der Waals surface area contributed by atoms with Crippen LogP contribution in [0.1, 0.15) is 133 Å². The van der Waals surface area contributed by atoms with Gasteiger partial charge in [0.2, 0.25) is 11.7 Å². The predicted octanol–water partition coefficient (Wildman–Crippen LogP) is 12.8. The summed E-state index contributed by atoms with van der Waals surface area (Å²) >= 11 is 0. The standard InChI is InChI=1S/C57H74N2O7/c1-4-6-7-8-9-10-11-12-16-29-54(62)59(3)53-40-51(58-64-41-42-23-14-13-15-24-42)49-38-45(27-19-21-34-60)48(28-20-22-35-61)55-50-39-47(65-46-31-30-43-25-17-18-26-44(43)37-46)32-33-52(50)66-57(53,56(49)55)63-36-5-2/h5,13-15,17-18,23-26,30-33,37-39,45,48,53,55-56,60-61H,2,4,6-12,16,19-22,27-29,34-36,40-41H2,1,3H3/t45-,48+,53-,55+,56+,57+/m0/s1. The molecular formula is C57H74N2O7. The largest absolute Gasteiger partial charge is 0.459 e. The summed E-state index contributed by atoms with van der Waals surface area (Å²) in [5, 5.41) is 27.2. The minimum Gasteiger partial charge on any atom is -0.459 e. The highest BCUT2D eigenvalue weighted by atomic mass is 16.7. The Morgan fingerprint density at radius 3 is 2.24 bits per heavy atom. The maximum Gasteiger partial charge on any atom is 0.239 e. The highest BCUT2D eigenvalue weighted by molar-refractivity contribution is 6.03. The van der Waals surface area contributed by atoms with Crippen molar-refractivity contribution in [3.05, 3.63) is 126 Å². The average molecular weight is 899 g/mol. The van der Waals surface area contributed by atoms with Crippen molar-refractivity contribution in [3.8, 4) is 17.2 Å². The minimum atomic E-state index is -1.29. The van der Waals surface area contributed by atoms with Crippen LogP contribution in [0.15, 0.2) is 120 Å². The molecule has 0 bridgehead atoms. The van der Waals surface area contributed by atoms with Gasteiger partial charge in [-0.2, -0.15) is 0 Å². The summed E-state index contributed by atoms with van der Waals surface area (Å²) in [6, 6.07) is 30.1. The van der Waals surface area contributed by atoms with E-state index in [-0.39, 0.29) is 49.4 Å². The molecule has 4 aromatic rings. The molecule has 354 valence electrons. The number of aliphatic hydroxyl groups excluding tert-OH is 2. The normalized spacial score (nSPS) is 22.5. The molecule has 9 heteroatoms. The van der Waals surface area contributed by atoms with E-state index < -0.39 is 11.8 Å². The van der Waals surface area contributed by atoms with Crippen molar-refractivity contribution in [2.75, 3.05) is 26.9 Å². The highest BCUT2D eigenvalue weighted by Crippen LogP contribution is 2.62. The van der Waals surface area contributed by atoms with Crippen molar-refractivity contribution >= 4 is 22.4 Å². The van der Waals surface area contributed by atoms with Crippen LogP contribution >= 0.6 is 0 Å². The van der Waals surface area contributed by atoms with Gasteiger partial charge < -0.3 is 34.2 Å². The molecule has 9 nitrogen and oxygen atoms in total. The summed E-state index contributed by atoms with van der Waals surface area (Å²) in [6.45, 7) is 7.11. The molecule has 4 aromatic carbocycles. The topological polar surface area (TPSA) is 110 Å². The quantitative estimate of drug-likeness (QED) is 0.0348. The van der Waals surface area contributed by atoms with Gasteiger partial charge in [0.1, 0.15) is 29.9 Å². The van der Waals surface area contributed by atoms with Crippen LogP contribution in [0.25, 0.3) is 10.8 Å². The molecule has 6 atom stereocenters. The molecule has 0 spiro atoms. The van der Waals surface area contributed by atoms with Crippen LogP contribution in [0.3, 0.4) is 0 Å². The fourth-order valence-corrected chi connectivity index (χ4v) is 10.9. The lowest BCUT2D eigenvalue weighted by Gasteiger charge is -2.59. The second kappa shape index (κ2) is 24.7. The van der Waals surface area contributed by atoms with Crippen molar-refractivity contribution in [1.29, 1.82) is 0 Å². The lowest BCUT2D eigenvalue weighted by atomic mass is 9.55. The number of benzene rings is 4. The van der Waals surface area contributed by atoms with Gasteiger partial charge in [-0.15, -0.1) is 6.58 Å². The molecule has 0 saturated heterocycles. The zero-order chi connectivity index (χ0) is 46.1. The third kappa shape index (κ3) is 11.9. The Morgan fingerprint density at radius 1 is 0.818 bits per heavy atom. The monoisotopic (exact) mass is 899 g/mol. The zero-order valence-electron chi connectivity index (χ0n) is 39.6. The Morgan fingerprint density at radius 2 is 1.50 bits per heavy atom. The second-order valence-corrected chi connectivity index (χ2v) is 18.7. The van der Waals surface area contributed by atoms with Crippen molar-refractivity contribution < 1.29 is 34.1 Å². The highest BCUT2D eigenvalue weighted by Gasteiger charge is 2.65. The van der Waals surface area contributed by atoms with E-state index in [1.54, 1.807) is 6.08 Å². The molecule has 1 fully saturated rings. The SMILES string of the molecule is C=CCO[C@@]12Oc3ccc(Oc4ccc5ccccc5c4)cc3[C@H]3[C@H](CCCCO)[C@@H](CCCCO)C=C(C(=NOCc4ccccc4)C[C@@H]1N(C)C(=O)CCCCCCCCCCC)[C@H]32. The summed E-state index contributed by atoms with van der Waals surface area (Å²) in [4.78, 5) is 22.7. The number of oxime groups is 1. The average Bonchev–Trinajstić information content (AvgIpc) is 3.34. The summed E-state index contributed by atoms with van der Waals surface area (Å²) in [5.74, 6) is 0.649. The van der Waals surface area contributed by atoms with Crippen LogP contribution in [0.4, 0.5) is 0 Å². The summed E-state index contributed by atoms with van der Waals surface area (Å²) in [6.07, 6.45) is 20.4. The number of likely N-dealkylation sites (N-methyl/N-ethyl adjacent to an activating group) is 1. The fraction of sp³-hybridized carbons (Fsp3) is 0.509. The van der Waals surface area contributed by atoms with E-state index in [0.29, 0.717) is 43.8 Å². The van der Waals surface area contributed by atoms with Crippen LogP contribution in [0, 0.1) is 17.8 Å². The molecule has 1 saturated carbocycles. The third-order valence-corrected chi connectivity index (χ3v) is 14.2. The number of hydrogen-bond acceptors (Lipinski definition) is 8. The predicted molar refractivity (Wildman–Crippen MR) is 265 cm³/mol. The van der Waals surface area contributed by atoms with E-state index >= 15 is 0 Å². The Bertz CT molecular complexity index is 2220. The summed E-state index contributed by atoms with van der Waals surface area (Å²) in [5.41, 5.74) is 3.85. The molecular weight excluding hydrogens is 825 g/mol. The van der Waals surface area contributed by atoms with Gasteiger partial charge in [-0.1, -0.05) is 149 Å². The van der Waals surface area contributed by atoms with Gasteiger partial charge in [0.05, 0.1) is 18.2 Å². The number of ether oxygens (including phenoxy) is 3. The first-order valence-corrected chi connectivity index (χ1v) is 25.1. The number of fused-ring (bicyclic) bond motifs is 3. The number of amides is 1. The van der Waals surface area contributed by atoms with Gasteiger partial charge in [0, 0.05) is 44.6 Å². The van der Waals surface area contributed by atoms with E-state index in [0.717, 1.165) is 83.9 Å². The first-order valence-electron chi connectivity index (χ1n) is 25.1. The molecule has 0 unspecified atom stereocenters. The molecule has 1 amide bonds. The minimum absolute atomic E-state index is 0.0590. The van der Waals surface area contributed by atoms with E-state index in [4.69, 9.17) is 24.2 Å². The van der Waals surface area contributed by atoms with E-state index in [1.165, 1.54) is 38.5 Å². The van der Waals surface area contributed by atoms with Crippen LogP contribution in [-0.2, 0) is 21.0 Å². The Kier molecular flexibility index (Phi) is 18.3. The number of aliphatic hydroxyl groups is 2. The van der Waals surface area contributed by atoms with Crippen LogP contribution < -0.4 is 9.47 Å². The molecule has 1 heterocycles. The third-order valence-electron chi connectivity index (χ3n) is 14.2. The van der Waals surface area contributed by atoms with Gasteiger partial charge in [0.25, 0.3) is 0 Å². The van der Waals surface area contributed by atoms with Gasteiger partial charge in [0.15, 0.2) is 0 Å². The van der Waals surface area contributed by atoms with Crippen molar-refractivity contribution in [3.63, 3.8) is 0 Å². The zero-order valence-corrected chi connectivity index (χ0v) is 39.6. The smallest absolute Gasteiger partial charge is 0.239 e. The van der Waals surface area contributed by atoms with Crippen LogP contribution in [0.5, 0.6) is 17.2 Å². The van der Waals surface area contributed by atoms with Gasteiger partial charge in [-0.25, -0.2) is 0 Å². The van der Waals surface area contributed by atoms with E-state index in [1.807, 2.05) is 72.6 Å². The summed E-state index contributed by atoms with van der Waals surface area (Å²) < 4.78 is 21.2. The van der Waals surface area contributed by atoms with Gasteiger partial charge in [-0.05, 0) is 96.2 Å². The first-order chi connectivity index (χ1) is 32.4. The molecule has 66 heavy (non-hydrogen) atoms. The molecule has 2 aliphatic carbocycles.